The Morgan fingerprint density at radius 3 is 2.50 bits per heavy atom. The zero-order valence-corrected chi connectivity index (χ0v) is 18.9. The second-order valence-electron chi connectivity index (χ2n) is 7.83. The van der Waals surface area contributed by atoms with Gasteiger partial charge < -0.3 is 9.64 Å². The summed E-state index contributed by atoms with van der Waals surface area (Å²) >= 11 is 6.15. The molecule has 7 nitrogen and oxygen atoms in total. The molecule has 166 valence electrons. The van der Waals surface area contributed by atoms with Crippen LogP contribution in [0.4, 0.5) is 0 Å². The van der Waals surface area contributed by atoms with Crippen molar-refractivity contribution in [2.45, 2.75) is 62.8 Å². The number of amides is 1. The number of likely N-dealkylation sites (tertiary alicyclic amines) is 1. The third-order valence-electron chi connectivity index (χ3n) is 5.85. The van der Waals surface area contributed by atoms with E-state index in [2.05, 4.69) is 0 Å². The molecule has 0 saturated carbocycles. The van der Waals surface area contributed by atoms with Gasteiger partial charge in [0.25, 0.3) is 5.91 Å². The minimum atomic E-state index is -3.79. The minimum Gasteiger partial charge on any atom is -0.452 e. The molecule has 0 radical (unpaired) electrons. The van der Waals surface area contributed by atoms with Gasteiger partial charge in [-0.05, 0) is 56.7 Å². The van der Waals surface area contributed by atoms with Gasteiger partial charge >= 0.3 is 5.97 Å². The fourth-order valence-electron chi connectivity index (χ4n) is 4.12. The predicted octanol–water partition coefficient (Wildman–Crippen LogP) is 3.46. The van der Waals surface area contributed by atoms with Gasteiger partial charge in [-0.25, -0.2) is 13.2 Å². The normalized spacial score (nSPS) is 20.7. The maximum atomic E-state index is 13.0. The van der Waals surface area contributed by atoms with Crippen molar-refractivity contribution in [1.29, 1.82) is 0 Å². The van der Waals surface area contributed by atoms with Crippen LogP contribution in [0, 0.1) is 0 Å². The Bertz CT molecular complexity index is 883. The number of sulfonamides is 1. The van der Waals surface area contributed by atoms with Gasteiger partial charge in [0.15, 0.2) is 6.61 Å². The average molecular weight is 457 g/mol. The van der Waals surface area contributed by atoms with E-state index in [-0.39, 0.29) is 34.0 Å². The summed E-state index contributed by atoms with van der Waals surface area (Å²) in [4.78, 5) is 26.7. The van der Waals surface area contributed by atoms with E-state index in [1.807, 2.05) is 6.92 Å². The molecule has 2 heterocycles. The summed E-state index contributed by atoms with van der Waals surface area (Å²) in [7, 11) is -3.79. The molecular weight excluding hydrogens is 428 g/mol. The van der Waals surface area contributed by atoms with Gasteiger partial charge in [0, 0.05) is 25.7 Å². The highest BCUT2D eigenvalue weighted by molar-refractivity contribution is 7.89. The molecular formula is C21H29ClN2O5S. The van der Waals surface area contributed by atoms with Gasteiger partial charge in [0.2, 0.25) is 10.0 Å². The minimum absolute atomic E-state index is 0.0623. The fourth-order valence-corrected chi connectivity index (χ4v) is 6.14. The summed E-state index contributed by atoms with van der Waals surface area (Å²) in [6, 6.07) is 4.23. The molecule has 0 bridgehead atoms. The Labute approximate surface area is 183 Å². The van der Waals surface area contributed by atoms with Crippen molar-refractivity contribution in [3.05, 3.63) is 28.8 Å². The number of benzene rings is 1. The zero-order valence-electron chi connectivity index (χ0n) is 17.3. The highest BCUT2D eigenvalue weighted by Crippen LogP contribution is 2.28. The molecule has 2 aliphatic heterocycles. The largest absolute Gasteiger partial charge is 0.452 e. The number of carbonyl (C=O) groups excluding carboxylic acids is 2. The Balaban J connectivity index is 1.69. The number of hydrogen-bond acceptors (Lipinski definition) is 5. The van der Waals surface area contributed by atoms with Crippen molar-refractivity contribution in [1.82, 2.24) is 9.21 Å². The van der Waals surface area contributed by atoms with E-state index in [1.165, 1.54) is 22.5 Å². The van der Waals surface area contributed by atoms with Gasteiger partial charge in [0.1, 0.15) is 4.90 Å². The number of nitrogens with zero attached hydrogens (tertiary/aromatic N) is 2. The first kappa shape index (κ1) is 23.0. The summed E-state index contributed by atoms with van der Waals surface area (Å²) < 4.78 is 32.5. The SMILES string of the molecule is CCC1CCCCN1C(=O)COC(=O)c1ccc(Cl)c(S(=O)(=O)N2CCCCC2)c1. The van der Waals surface area contributed by atoms with Crippen LogP contribution in [-0.4, -0.2) is 61.8 Å². The first-order valence-electron chi connectivity index (χ1n) is 10.6. The van der Waals surface area contributed by atoms with E-state index in [4.69, 9.17) is 16.3 Å². The molecule has 9 heteroatoms. The number of rotatable bonds is 6. The van der Waals surface area contributed by atoms with Gasteiger partial charge in [0.05, 0.1) is 10.6 Å². The maximum Gasteiger partial charge on any atom is 0.338 e. The molecule has 1 amide bonds. The number of ether oxygens (including phenoxy) is 1. The summed E-state index contributed by atoms with van der Waals surface area (Å²) in [6.07, 6.45) is 6.48. The van der Waals surface area contributed by atoms with Crippen molar-refractivity contribution in [3.63, 3.8) is 0 Å². The van der Waals surface area contributed by atoms with E-state index >= 15 is 0 Å². The topological polar surface area (TPSA) is 84.0 Å². The van der Waals surface area contributed by atoms with E-state index in [9.17, 15) is 18.0 Å². The van der Waals surface area contributed by atoms with Gasteiger partial charge in [-0.15, -0.1) is 0 Å². The van der Waals surface area contributed by atoms with Crippen LogP contribution in [0.3, 0.4) is 0 Å². The average Bonchev–Trinajstić information content (AvgIpc) is 2.77. The molecule has 2 saturated heterocycles. The Morgan fingerprint density at radius 2 is 1.80 bits per heavy atom. The van der Waals surface area contributed by atoms with Gasteiger partial charge in [-0.3, -0.25) is 4.79 Å². The van der Waals surface area contributed by atoms with Crippen LogP contribution in [-0.2, 0) is 19.6 Å². The lowest BCUT2D eigenvalue weighted by Crippen LogP contribution is -2.45. The molecule has 1 aromatic rings. The first-order chi connectivity index (χ1) is 14.3. The third kappa shape index (κ3) is 5.15. The lowest BCUT2D eigenvalue weighted by Gasteiger charge is -2.35. The lowest BCUT2D eigenvalue weighted by atomic mass is 10.00. The Morgan fingerprint density at radius 1 is 1.10 bits per heavy atom. The molecule has 1 atom stereocenters. The van der Waals surface area contributed by atoms with Gasteiger partial charge in [-0.1, -0.05) is 24.9 Å². The van der Waals surface area contributed by atoms with E-state index in [0.717, 1.165) is 44.9 Å². The smallest absolute Gasteiger partial charge is 0.338 e. The Hall–Kier alpha value is -1.64. The quantitative estimate of drug-likeness (QED) is 0.612. The summed E-state index contributed by atoms with van der Waals surface area (Å²) in [6.45, 7) is 3.24. The summed E-state index contributed by atoms with van der Waals surface area (Å²) in [5.41, 5.74) is 0.0634. The van der Waals surface area contributed by atoms with E-state index in [0.29, 0.717) is 19.6 Å². The number of esters is 1. The molecule has 0 aliphatic carbocycles. The first-order valence-corrected chi connectivity index (χ1v) is 12.4. The van der Waals surface area contributed by atoms with Crippen molar-refractivity contribution < 1.29 is 22.7 Å². The third-order valence-corrected chi connectivity index (χ3v) is 8.23. The molecule has 0 N–H and O–H groups in total. The van der Waals surface area contributed by atoms with E-state index in [1.54, 1.807) is 4.90 Å². The molecule has 30 heavy (non-hydrogen) atoms. The number of carbonyl (C=O) groups is 2. The van der Waals surface area contributed by atoms with E-state index < -0.39 is 16.0 Å². The maximum absolute atomic E-state index is 13.0. The van der Waals surface area contributed by atoms with Gasteiger partial charge in [-0.2, -0.15) is 4.31 Å². The number of halogens is 1. The second-order valence-corrected chi connectivity index (χ2v) is 10.1. The van der Waals surface area contributed by atoms with Crippen molar-refractivity contribution in [3.8, 4) is 0 Å². The molecule has 0 spiro atoms. The number of hydrogen-bond donors (Lipinski definition) is 0. The van der Waals surface area contributed by atoms with Crippen LogP contribution in [0.2, 0.25) is 5.02 Å². The second kappa shape index (κ2) is 10.1. The summed E-state index contributed by atoms with van der Waals surface area (Å²) in [5, 5.41) is 0.0623. The van der Waals surface area contributed by atoms with Crippen LogP contribution in [0.25, 0.3) is 0 Å². The molecule has 1 unspecified atom stereocenters. The van der Waals surface area contributed by atoms with Crippen LogP contribution in [0.1, 0.15) is 62.2 Å². The Kier molecular flexibility index (Phi) is 7.76. The highest BCUT2D eigenvalue weighted by Gasteiger charge is 2.30. The van der Waals surface area contributed by atoms with Crippen molar-refractivity contribution in [2.24, 2.45) is 0 Å². The molecule has 3 rings (SSSR count). The van der Waals surface area contributed by atoms with Crippen molar-refractivity contribution in [2.75, 3.05) is 26.2 Å². The molecule has 0 aromatic heterocycles. The lowest BCUT2D eigenvalue weighted by molar-refractivity contribution is -0.138. The highest BCUT2D eigenvalue weighted by atomic mass is 35.5. The van der Waals surface area contributed by atoms with Crippen LogP contribution in [0.5, 0.6) is 0 Å². The fraction of sp³-hybridized carbons (Fsp3) is 0.619. The van der Waals surface area contributed by atoms with Crippen LogP contribution >= 0.6 is 11.6 Å². The molecule has 2 aliphatic rings. The zero-order chi connectivity index (χ0) is 21.7. The number of piperidine rings is 2. The summed E-state index contributed by atoms with van der Waals surface area (Å²) in [5.74, 6) is -0.954. The monoisotopic (exact) mass is 456 g/mol. The predicted molar refractivity (Wildman–Crippen MR) is 114 cm³/mol. The molecule has 1 aromatic carbocycles. The van der Waals surface area contributed by atoms with Crippen LogP contribution in [0.15, 0.2) is 23.1 Å². The standard InChI is InChI=1S/C21H29ClN2O5S/c1-2-17-8-4-7-13-24(17)20(25)15-29-21(26)16-9-10-18(22)19(14-16)30(27,28)23-11-5-3-6-12-23/h9-10,14,17H,2-8,11-13,15H2,1H3. The molecule has 2 fully saturated rings. The van der Waals surface area contributed by atoms with Crippen molar-refractivity contribution >= 4 is 33.5 Å². The van der Waals surface area contributed by atoms with Crippen LogP contribution < -0.4 is 0 Å².